The number of ketones is 1. The molecule has 2 N–H and O–H groups in total. The van der Waals surface area contributed by atoms with Gasteiger partial charge in [0.1, 0.15) is 23.2 Å². The fourth-order valence-electron chi connectivity index (χ4n) is 2.79. The molecule has 6 heteroatoms. The summed E-state index contributed by atoms with van der Waals surface area (Å²) in [6.07, 6.45) is 0.877. The molecule has 28 heavy (non-hydrogen) atoms. The van der Waals surface area contributed by atoms with Gasteiger partial charge in [-0.05, 0) is 62.2 Å². The lowest BCUT2D eigenvalue weighted by Crippen LogP contribution is -2.08. The standard InChI is InChI=1S/C22H24N4O2/c1-15(27)18-6-8-19(9-7-18)26-22-14-21(24-16(2)25-22)23-13-12-17-4-10-20(28-3)11-5-17/h4-11,14H,12-13H2,1-3H3,(H2,23,24,25,26). The lowest BCUT2D eigenvalue weighted by atomic mass is 10.1. The summed E-state index contributed by atoms with van der Waals surface area (Å²) in [6, 6.07) is 17.2. The number of methoxy groups -OCH3 is 1. The van der Waals surface area contributed by atoms with Crippen LogP contribution in [-0.2, 0) is 6.42 Å². The number of Topliss-reactive ketones (excluding diaryl/α,β-unsaturated/α-hetero) is 1. The number of anilines is 3. The maximum atomic E-state index is 11.4. The second-order valence-electron chi connectivity index (χ2n) is 6.47. The van der Waals surface area contributed by atoms with E-state index in [0.717, 1.165) is 30.2 Å². The molecule has 1 aromatic heterocycles. The molecule has 2 aromatic carbocycles. The van der Waals surface area contributed by atoms with Gasteiger partial charge in [-0.1, -0.05) is 12.1 Å². The topological polar surface area (TPSA) is 76.1 Å². The minimum atomic E-state index is 0.0489. The molecule has 0 amide bonds. The normalized spacial score (nSPS) is 10.4. The van der Waals surface area contributed by atoms with E-state index < -0.39 is 0 Å². The van der Waals surface area contributed by atoms with Crippen LogP contribution in [0.4, 0.5) is 17.3 Å². The largest absolute Gasteiger partial charge is 0.497 e. The highest BCUT2D eigenvalue weighted by atomic mass is 16.5. The molecule has 0 saturated heterocycles. The summed E-state index contributed by atoms with van der Waals surface area (Å²) in [4.78, 5) is 20.3. The zero-order valence-electron chi connectivity index (χ0n) is 16.3. The molecule has 6 nitrogen and oxygen atoms in total. The summed E-state index contributed by atoms with van der Waals surface area (Å²) in [5.74, 6) is 3.05. The van der Waals surface area contributed by atoms with Crippen LogP contribution in [-0.4, -0.2) is 29.4 Å². The number of rotatable bonds is 8. The zero-order valence-corrected chi connectivity index (χ0v) is 16.3. The van der Waals surface area contributed by atoms with Crippen LogP contribution >= 0.6 is 0 Å². The van der Waals surface area contributed by atoms with Crippen LogP contribution in [0.2, 0.25) is 0 Å². The number of nitrogens with zero attached hydrogens (tertiary/aromatic N) is 2. The molecule has 144 valence electrons. The lowest BCUT2D eigenvalue weighted by molar-refractivity contribution is 0.101. The number of carbonyl (C=O) groups is 1. The minimum absolute atomic E-state index is 0.0489. The van der Waals surface area contributed by atoms with Crippen LogP contribution in [0.3, 0.4) is 0 Å². The Balaban J connectivity index is 1.61. The molecule has 3 aromatic rings. The first-order valence-corrected chi connectivity index (χ1v) is 9.14. The van der Waals surface area contributed by atoms with Gasteiger partial charge >= 0.3 is 0 Å². The second kappa shape index (κ2) is 8.99. The Hall–Kier alpha value is -3.41. The van der Waals surface area contributed by atoms with Crippen molar-refractivity contribution in [1.82, 2.24) is 9.97 Å². The Morgan fingerprint density at radius 3 is 2.32 bits per heavy atom. The molecule has 0 aliphatic rings. The number of aryl methyl sites for hydroxylation is 1. The van der Waals surface area contributed by atoms with E-state index in [4.69, 9.17) is 4.74 Å². The zero-order chi connectivity index (χ0) is 19.9. The maximum absolute atomic E-state index is 11.4. The number of carbonyl (C=O) groups excluding carboxylic acids is 1. The summed E-state index contributed by atoms with van der Waals surface area (Å²) in [7, 11) is 1.66. The highest BCUT2D eigenvalue weighted by molar-refractivity contribution is 5.94. The fraction of sp³-hybridized carbons (Fsp3) is 0.227. The summed E-state index contributed by atoms with van der Waals surface area (Å²) in [5, 5.41) is 6.60. The highest BCUT2D eigenvalue weighted by Gasteiger charge is 2.04. The Bertz CT molecular complexity index is 938. The summed E-state index contributed by atoms with van der Waals surface area (Å²) < 4.78 is 5.18. The smallest absolute Gasteiger partial charge is 0.159 e. The van der Waals surface area contributed by atoms with Crippen LogP contribution in [0, 0.1) is 6.92 Å². The van der Waals surface area contributed by atoms with Gasteiger partial charge in [-0.25, -0.2) is 9.97 Å². The van der Waals surface area contributed by atoms with Crippen LogP contribution in [0.5, 0.6) is 5.75 Å². The van der Waals surface area contributed by atoms with Gasteiger partial charge < -0.3 is 15.4 Å². The molecule has 0 fully saturated rings. The Morgan fingerprint density at radius 2 is 1.68 bits per heavy atom. The van der Waals surface area contributed by atoms with E-state index in [1.165, 1.54) is 5.56 Å². The molecule has 0 unspecified atom stereocenters. The van der Waals surface area contributed by atoms with E-state index in [0.29, 0.717) is 17.2 Å². The predicted octanol–water partition coefficient (Wildman–Crippen LogP) is 4.39. The van der Waals surface area contributed by atoms with E-state index in [2.05, 4.69) is 32.7 Å². The van der Waals surface area contributed by atoms with Crippen LogP contribution < -0.4 is 15.4 Å². The predicted molar refractivity (Wildman–Crippen MR) is 112 cm³/mol. The van der Waals surface area contributed by atoms with Crippen LogP contribution in [0.25, 0.3) is 0 Å². The SMILES string of the molecule is COc1ccc(CCNc2cc(Nc3ccc(C(C)=O)cc3)nc(C)n2)cc1. The number of hydrogen-bond donors (Lipinski definition) is 2. The van der Waals surface area contributed by atoms with Crippen molar-refractivity contribution in [3.63, 3.8) is 0 Å². The molecular formula is C22H24N4O2. The molecule has 1 heterocycles. The Labute approximate surface area is 165 Å². The van der Waals surface area contributed by atoms with Crippen molar-refractivity contribution in [2.45, 2.75) is 20.3 Å². The molecule has 0 aliphatic heterocycles. The molecule has 0 saturated carbocycles. The number of hydrogen-bond acceptors (Lipinski definition) is 6. The average Bonchev–Trinajstić information content (AvgIpc) is 2.68. The van der Waals surface area contributed by atoms with Gasteiger partial charge in [-0.3, -0.25) is 4.79 Å². The number of ether oxygens (including phenoxy) is 1. The second-order valence-corrected chi connectivity index (χ2v) is 6.47. The van der Waals surface area contributed by atoms with Gasteiger partial charge in [0.25, 0.3) is 0 Å². The molecule has 3 rings (SSSR count). The van der Waals surface area contributed by atoms with Gasteiger partial charge in [0.15, 0.2) is 5.78 Å². The highest BCUT2D eigenvalue weighted by Crippen LogP contribution is 2.18. The van der Waals surface area contributed by atoms with Gasteiger partial charge in [-0.2, -0.15) is 0 Å². The third-order valence-electron chi connectivity index (χ3n) is 4.28. The molecule has 0 radical (unpaired) electrons. The van der Waals surface area contributed by atoms with E-state index in [-0.39, 0.29) is 5.78 Å². The van der Waals surface area contributed by atoms with Gasteiger partial charge in [0.05, 0.1) is 7.11 Å². The van der Waals surface area contributed by atoms with Gasteiger partial charge in [0, 0.05) is 23.9 Å². The number of benzene rings is 2. The average molecular weight is 376 g/mol. The van der Waals surface area contributed by atoms with Crippen molar-refractivity contribution in [2.75, 3.05) is 24.3 Å². The monoisotopic (exact) mass is 376 g/mol. The van der Waals surface area contributed by atoms with E-state index in [1.807, 2.05) is 37.3 Å². The Kier molecular flexibility index (Phi) is 6.22. The minimum Gasteiger partial charge on any atom is -0.497 e. The van der Waals surface area contributed by atoms with Crippen molar-refractivity contribution >= 4 is 23.1 Å². The van der Waals surface area contributed by atoms with E-state index >= 15 is 0 Å². The van der Waals surface area contributed by atoms with Gasteiger partial charge in [0.2, 0.25) is 0 Å². The number of aromatic nitrogens is 2. The van der Waals surface area contributed by atoms with E-state index in [1.54, 1.807) is 26.2 Å². The quantitative estimate of drug-likeness (QED) is 0.568. The summed E-state index contributed by atoms with van der Waals surface area (Å²) in [6.45, 7) is 4.17. The van der Waals surface area contributed by atoms with Crippen LogP contribution in [0.1, 0.15) is 28.7 Å². The summed E-state index contributed by atoms with van der Waals surface area (Å²) >= 11 is 0. The molecule has 0 atom stereocenters. The maximum Gasteiger partial charge on any atom is 0.159 e. The fourth-order valence-corrected chi connectivity index (χ4v) is 2.79. The first kappa shape index (κ1) is 19.4. The lowest BCUT2D eigenvalue weighted by Gasteiger charge is -2.11. The first-order valence-electron chi connectivity index (χ1n) is 9.14. The van der Waals surface area contributed by atoms with Gasteiger partial charge in [-0.15, -0.1) is 0 Å². The van der Waals surface area contributed by atoms with Crippen molar-refractivity contribution in [1.29, 1.82) is 0 Å². The van der Waals surface area contributed by atoms with Crippen molar-refractivity contribution in [3.8, 4) is 5.75 Å². The molecule has 0 spiro atoms. The molecule has 0 bridgehead atoms. The molecule has 0 aliphatic carbocycles. The third-order valence-corrected chi connectivity index (χ3v) is 4.28. The molecular weight excluding hydrogens is 352 g/mol. The van der Waals surface area contributed by atoms with Crippen molar-refractivity contribution < 1.29 is 9.53 Å². The number of nitrogens with one attached hydrogen (secondary N) is 2. The first-order chi connectivity index (χ1) is 13.5. The van der Waals surface area contributed by atoms with Crippen molar-refractivity contribution in [3.05, 3.63) is 71.5 Å². The Morgan fingerprint density at radius 1 is 1.00 bits per heavy atom. The van der Waals surface area contributed by atoms with Crippen LogP contribution in [0.15, 0.2) is 54.6 Å². The van der Waals surface area contributed by atoms with Crippen molar-refractivity contribution in [2.24, 2.45) is 0 Å². The third kappa shape index (κ3) is 5.30. The van der Waals surface area contributed by atoms with E-state index in [9.17, 15) is 4.79 Å². The summed E-state index contributed by atoms with van der Waals surface area (Å²) in [5.41, 5.74) is 2.78.